The third-order valence-corrected chi connectivity index (χ3v) is 3.45. The van der Waals surface area contributed by atoms with E-state index in [0.29, 0.717) is 6.42 Å². The summed E-state index contributed by atoms with van der Waals surface area (Å²) in [6.45, 7) is 1.77. The van der Waals surface area contributed by atoms with Gasteiger partial charge < -0.3 is 15.5 Å². The normalized spacial score (nSPS) is 14.1. The first-order valence-electron chi connectivity index (χ1n) is 6.73. The van der Waals surface area contributed by atoms with E-state index in [0.717, 1.165) is 16.3 Å². The average molecular weight is 273 g/mol. The van der Waals surface area contributed by atoms with E-state index in [2.05, 4.69) is 5.32 Å². The molecule has 0 aliphatic carbocycles. The lowest BCUT2D eigenvalue weighted by molar-refractivity contribution is -0.136. The number of aliphatic hydroxyl groups is 1. The van der Waals surface area contributed by atoms with Gasteiger partial charge in [0.15, 0.2) is 0 Å². The highest BCUT2D eigenvalue weighted by Crippen LogP contribution is 2.23. The molecule has 0 fully saturated rings. The molecule has 3 N–H and O–H groups in total. The standard InChI is InChI=1S/C16H19NO3/c1-2-14(17-10-15(18)19)16(20)13-8-7-11-5-3-4-6-12(11)9-13/h3-9,14,16-17,20H,2,10H2,1H3,(H,18,19). The monoisotopic (exact) mass is 273 g/mol. The third kappa shape index (κ3) is 3.35. The maximum Gasteiger partial charge on any atom is 0.317 e. The fourth-order valence-electron chi connectivity index (χ4n) is 2.32. The maximum atomic E-state index is 10.6. The summed E-state index contributed by atoms with van der Waals surface area (Å²) in [4.78, 5) is 10.6. The van der Waals surface area contributed by atoms with Crippen molar-refractivity contribution < 1.29 is 15.0 Å². The van der Waals surface area contributed by atoms with Gasteiger partial charge in [-0.15, -0.1) is 0 Å². The van der Waals surface area contributed by atoms with Crippen LogP contribution < -0.4 is 5.32 Å². The zero-order chi connectivity index (χ0) is 14.5. The Balaban J connectivity index is 2.20. The summed E-state index contributed by atoms with van der Waals surface area (Å²) in [5.41, 5.74) is 0.799. The minimum Gasteiger partial charge on any atom is -0.480 e. The Hall–Kier alpha value is -1.91. The van der Waals surface area contributed by atoms with Gasteiger partial charge in [0.05, 0.1) is 12.6 Å². The minimum atomic E-state index is -0.922. The lowest BCUT2D eigenvalue weighted by Crippen LogP contribution is -2.37. The quantitative estimate of drug-likeness (QED) is 0.755. The van der Waals surface area contributed by atoms with Crippen LogP contribution >= 0.6 is 0 Å². The summed E-state index contributed by atoms with van der Waals surface area (Å²) < 4.78 is 0. The second-order valence-corrected chi connectivity index (χ2v) is 4.84. The first kappa shape index (κ1) is 14.5. The molecular weight excluding hydrogens is 254 g/mol. The zero-order valence-corrected chi connectivity index (χ0v) is 11.4. The molecule has 106 valence electrons. The van der Waals surface area contributed by atoms with Crippen LogP contribution in [0.2, 0.25) is 0 Å². The number of carboxylic acid groups (broad SMARTS) is 1. The number of carbonyl (C=O) groups is 1. The van der Waals surface area contributed by atoms with Crippen molar-refractivity contribution in [1.82, 2.24) is 5.32 Å². The van der Waals surface area contributed by atoms with Gasteiger partial charge in [0.2, 0.25) is 0 Å². The Morgan fingerprint density at radius 3 is 2.55 bits per heavy atom. The van der Waals surface area contributed by atoms with Crippen LogP contribution in [0.4, 0.5) is 0 Å². The van der Waals surface area contributed by atoms with Crippen molar-refractivity contribution in [3.8, 4) is 0 Å². The van der Waals surface area contributed by atoms with Crippen molar-refractivity contribution in [2.45, 2.75) is 25.5 Å². The number of benzene rings is 2. The second-order valence-electron chi connectivity index (χ2n) is 4.84. The molecule has 2 unspecified atom stereocenters. The molecule has 0 heterocycles. The highest BCUT2D eigenvalue weighted by Gasteiger charge is 2.19. The van der Waals surface area contributed by atoms with Crippen molar-refractivity contribution in [1.29, 1.82) is 0 Å². The predicted molar refractivity (Wildman–Crippen MR) is 78.6 cm³/mol. The van der Waals surface area contributed by atoms with Crippen LogP contribution in [0.3, 0.4) is 0 Å². The summed E-state index contributed by atoms with van der Waals surface area (Å²) >= 11 is 0. The highest BCUT2D eigenvalue weighted by atomic mass is 16.4. The first-order valence-corrected chi connectivity index (χ1v) is 6.73. The molecule has 20 heavy (non-hydrogen) atoms. The van der Waals surface area contributed by atoms with Gasteiger partial charge in [-0.25, -0.2) is 0 Å². The number of hydrogen-bond donors (Lipinski definition) is 3. The lowest BCUT2D eigenvalue weighted by Gasteiger charge is -2.23. The van der Waals surface area contributed by atoms with Gasteiger partial charge in [-0.2, -0.15) is 0 Å². The fraction of sp³-hybridized carbons (Fsp3) is 0.312. The van der Waals surface area contributed by atoms with Crippen molar-refractivity contribution in [3.05, 3.63) is 48.0 Å². The zero-order valence-electron chi connectivity index (χ0n) is 11.4. The van der Waals surface area contributed by atoms with Crippen molar-refractivity contribution in [3.63, 3.8) is 0 Å². The summed E-state index contributed by atoms with van der Waals surface area (Å²) in [6.07, 6.45) is -0.0645. The van der Waals surface area contributed by atoms with Gasteiger partial charge in [-0.1, -0.05) is 43.3 Å². The Morgan fingerprint density at radius 1 is 1.20 bits per heavy atom. The second kappa shape index (κ2) is 6.50. The molecule has 4 heteroatoms. The van der Waals surface area contributed by atoms with Crippen molar-refractivity contribution in [2.24, 2.45) is 0 Å². The van der Waals surface area contributed by atoms with E-state index in [-0.39, 0.29) is 12.6 Å². The number of carboxylic acids is 1. The van der Waals surface area contributed by atoms with Crippen LogP contribution in [0.5, 0.6) is 0 Å². The topological polar surface area (TPSA) is 69.6 Å². The number of hydrogen-bond acceptors (Lipinski definition) is 3. The van der Waals surface area contributed by atoms with Gasteiger partial charge in [0.25, 0.3) is 0 Å². The number of aliphatic carboxylic acids is 1. The van der Waals surface area contributed by atoms with Gasteiger partial charge >= 0.3 is 5.97 Å². The average Bonchev–Trinajstić information content (AvgIpc) is 2.47. The Morgan fingerprint density at radius 2 is 1.90 bits per heavy atom. The molecular formula is C16H19NO3. The molecule has 0 bridgehead atoms. The van der Waals surface area contributed by atoms with Crippen LogP contribution in [-0.2, 0) is 4.79 Å². The lowest BCUT2D eigenvalue weighted by atomic mass is 9.97. The predicted octanol–water partition coefficient (Wildman–Crippen LogP) is 2.33. The van der Waals surface area contributed by atoms with Crippen LogP contribution in [0.25, 0.3) is 10.8 Å². The molecule has 2 aromatic rings. The van der Waals surface area contributed by atoms with Crippen LogP contribution in [-0.4, -0.2) is 28.8 Å². The SMILES string of the molecule is CCC(NCC(=O)O)C(O)c1ccc2ccccc2c1. The van der Waals surface area contributed by atoms with Crippen LogP contribution in [0, 0.1) is 0 Å². The van der Waals surface area contributed by atoms with E-state index >= 15 is 0 Å². The van der Waals surface area contributed by atoms with E-state index in [9.17, 15) is 9.90 Å². The van der Waals surface area contributed by atoms with E-state index in [1.54, 1.807) is 0 Å². The van der Waals surface area contributed by atoms with E-state index in [4.69, 9.17) is 5.11 Å². The number of fused-ring (bicyclic) bond motifs is 1. The van der Waals surface area contributed by atoms with Crippen LogP contribution in [0.15, 0.2) is 42.5 Å². The Labute approximate surface area is 118 Å². The molecule has 4 nitrogen and oxygen atoms in total. The molecule has 2 atom stereocenters. The van der Waals surface area contributed by atoms with Gasteiger partial charge in [-0.3, -0.25) is 4.79 Å². The summed E-state index contributed by atoms with van der Waals surface area (Å²) in [6, 6.07) is 13.5. The molecule has 0 amide bonds. The fourth-order valence-corrected chi connectivity index (χ4v) is 2.32. The largest absolute Gasteiger partial charge is 0.480 e. The number of rotatable bonds is 6. The minimum absolute atomic E-state index is 0.150. The number of aliphatic hydroxyl groups excluding tert-OH is 1. The molecule has 0 saturated carbocycles. The van der Waals surface area contributed by atoms with Crippen molar-refractivity contribution in [2.75, 3.05) is 6.54 Å². The van der Waals surface area contributed by atoms with Crippen molar-refractivity contribution >= 4 is 16.7 Å². The van der Waals surface area contributed by atoms with E-state index < -0.39 is 12.1 Å². The molecule has 0 aromatic heterocycles. The Kier molecular flexibility index (Phi) is 4.71. The maximum absolute atomic E-state index is 10.6. The first-order chi connectivity index (χ1) is 9.61. The highest BCUT2D eigenvalue weighted by molar-refractivity contribution is 5.83. The van der Waals surface area contributed by atoms with Gasteiger partial charge in [-0.05, 0) is 28.8 Å². The third-order valence-electron chi connectivity index (χ3n) is 3.45. The Bertz CT molecular complexity index is 597. The molecule has 2 aromatic carbocycles. The summed E-state index contributed by atoms with van der Waals surface area (Å²) in [5.74, 6) is -0.922. The summed E-state index contributed by atoms with van der Waals surface area (Å²) in [5, 5.41) is 24.2. The summed E-state index contributed by atoms with van der Waals surface area (Å²) in [7, 11) is 0. The molecule has 0 aliphatic rings. The van der Waals surface area contributed by atoms with E-state index in [1.807, 2.05) is 49.4 Å². The molecule has 0 saturated heterocycles. The van der Waals surface area contributed by atoms with Crippen LogP contribution in [0.1, 0.15) is 25.0 Å². The van der Waals surface area contributed by atoms with Gasteiger partial charge in [0.1, 0.15) is 0 Å². The molecule has 0 aliphatic heterocycles. The van der Waals surface area contributed by atoms with Gasteiger partial charge in [0, 0.05) is 6.04 Å². The molecule has 0 spiro atoms. The number of nitrogens with one attached hydrogen (secondary N) is 1. The molecule has 0 radical (unpaired) electrons. The smallest absolute Gasteiger partial charge is 0.317 e. The molecule has 2 rings (SSSR count). The van der Waals surface area contributed by atoms with E-state index in [1.165, 1.54) is 0 Å².